The lowest BCUT2D eigenvalue weighted by Crippen LogP contribution is -2.62. The number of benzene rings is 2. The van der Waals surface area contributed by atoms with Crippen LogP contribution in [0.15, 0.2) is 36.4 Å². The third kappa shape index (κ3) is 2.68. The highest BCUT2D eigenvalue weighted by molar-refractivity contribution is 5.47. The Hall–Kier alpha value is -1.96. The van der Waals surface area contributed by atoms with Crippen LogP contribution in [0.25, 0.3) is 0 Å². The lowest BCUT2D eigenvalue weighted by atomic mass is 9.33. The van der Waals surface area contributed by atoms with E-state index in [1.807, 2.05) is 26.0 Å². The quantitative estimate of drug-likeness (QED) is 0.578. The maximum Gasteiger partial charge on any atom is 0.118 e. The predicted octanol–water partition coefficient (Wildman–Crippen LogP) is 6.99. The third-order valence-corrected chi connectivity index (χ3v) is 9.26. The Morgan fingerprint density at radius 2 is 1.53 bits per heavy atom. The first-order valence-electron chi connectivity index (χ1n) is 11.7. The Morgan fingerprint density at radius 3 is 2.17 bits per heavy atom. The molecule has 0 heterocycles. The number of rotatable bonds is 3. The Bertz CT molecular complexity index is 1010. The molecule has 0 saturated heterocycles. The molecule has 4 aliphatic carbocycles. The van der Waals surface area contributed by atoms with Crippen LogP contribution in [0.2, 0.25) is 0 Å². The number of hydrogen-bond donors (Lipinski definition) is 2. The van der Waals surface area contributed by atoms with E-state index in [1.165, 1.54) is 43.2 Å². The van der Waals surface area contributed by atoms with Gasteiger partial charge in [-0.1, -0.05) is 45.0 Å². The van der Waals surface area contributed by atoms with E-state index in [0.717, 1.165) is 11.1 Å². The number of aromatic hydroxyl groups is 2. The highest BCUT2D eigenvalue weighted by Crippen LogP contribution is 2.75. The van der Waals surface area contributed by atoms with Crippen LogP contribution in [0.5, 0.6) is 11.5 Å². The summed E-state index contributed by atoms with van der Waals surface area (Å²) in [5, 5.41) is 20.4. The first-order chi connectivity index (χ1) is 14.1. The first-order valence-corrected chi connectivity index (χ1v) is 11.7. The molecule has 5 atom stereocenters. The lowest BCUT2D eigenvalue weighted by Gasteiger charge is -2.71. The van der Waals surface area contributed by atoms with E-state index < -0.39 is 0 Å². The average molecular weight is 405 g/mol. The molecule has 2 N–H and O–H groups in total. The smallest absolute Gasteiger partial charge is 0.118 e. The zero-order valence-corrected chi connectivity index (χ0v) is 19.1. The monoisotopic (exact) mass is 404 g/mol. The molecule has 2 aromatic carbocycles. The van der Waals surface area contributed by atoms with Gasteiger partial charge < -0.3 is 10.2 Å². The molecule has 0 radical (unpaired) electrons. The molecular weight excluding hydrogens is 368 g/mol. The molecule has 2 aromatic rings. The van der Waals surface area contributed by atoms with Gasteiger partial charge in [0, 0.05) is 5.41 Å². The molecule has 4 aliphatic rings. The molecule has 30 heavy (non-hydrogen) atoms. The molecule has 0 aromatic heterocycles. The Labute approximate surface area is 181 Å². The van der Waals surface area contributed by atoms with E-state index in [0.29, 0.717) is 40.1 Å². The van der Waals surface area contributed by atoms with Gasteiger partial charge in [-0.3, -0.25) is 0 Å². The number of phenols is 2. The van der Waals surface area contributed by atoms with Crippen LogP contribution in [-0.2, 0) is 5.41 Å². The van der Waals surface area contributed by atoms with Crippen molar-refractivity contribution in [3.05, 3.63) is 58.7 Å². The van der Waals surface area contributed by atoms with Gasteiger partial charge >= 0.3 is 0 Å². The van der Waals surface area contributed by atoms with E-state index in [2.05, 4.69) is 45.0 Å². The zero-order valence-electron chi connectivity index (χ0n) is 19.1. The molecule has 0 spiro atoms. The summed E-state index contributed by atoms with van der Waals surface area (Å²) in [4.78, 5) is 0. The summed E-state index contributed by atoms with van der Waals surface area (Å²) in [6.07, 6.45) is 6.45. The maximum absolute atomic E-state index is 10.2. The van der Waals surface area contributed by atoms with Crippen molar-refractivity contribution in [3.63, 3.8) is 0 Å². The summed E-state index contributed by atoms with van der Waals surface area (Å²) in [7, 11) is 0. The van der Waals surface area contributed by atoms with E-state index in [-0.39, 0.29) is 5.41 Å². The fourth-order valence-electron chi connectivity index (χ4n) is 8.31. The minimum Gasteiger partial charge on any atom is -0.508 e. The molecular formula is C28H36O2. The summed E-state index contributed by atoms with van der Waals surface area (Å²) >= 11 is 0. The minimum atomic E-state index is 0.0975. The second kappa shape index (κ2) is 6.28. The zero-order chi connectivity index (χ0) is 21.5. The van der Waals surface area contributed by atoms with E-state index >= 15 is 0 Å². The van der Waals surface area contributed by atoms with Gasteiger partial charge in [0.2, 0.25) is 0 Å². The molecule has 0 aliphatic heterocycles. The van der Waals surface area contributed by atoms with E-state index in [4.69, 9.17) is 0 Å². The largest absolute Gasteiger partial charge is 0.508 e. The van der Waals surface area contributed by atoms with Gasteiger partial charge in [0.15, 0.2) is 0 Å². The molecule has 0 amide bonds. The van der Waals surface area contributed by atoms with Gasteiger partial charge in [0.25, 0.3) is 0 Å². The number of phenolic OH excluding ortho intramolecular Hbond substituents is 2. The van der Waals surface area contributed by atoms with Crippen molar-refractivity contribution in [3.8, 4) is 11.5 Å². The number of hydrogen-bond acceptors (Lipinski definition) is 2. The molecule has 160 valence electrons. The molecule has 2 nitrogen and oxygen atoms in total. The summed E-state index contributed by atoms with van der Waals surface area (Å²) in [6, 6.07) is 12.7. The minimum absolute atomic E-state index is 0.0975. The van der Waals surface area contributed by atoms with Gasteiger partial charge in [-0.15, -0.1) is 0 Å². The van der Waals surface area contributed by atoms with Crippen molar-refractivity contribution in [1.29, 1.82) is 0 Å². The highest BCUT2D eigenvalue weighted by Gasteiger charge is 2.66. The molecule has 4 bridgehead atoms. The van der Waals surface area contributed by atoms with Crippen LogP contribution in [0.3, 0.4) is 0 Å². The SMILES string of the molecule is Cc1cc(C2C3CC4(C)CC(C(C)C)(C3)CC2(c2ccc(O)c(C)c2)C4)ccc1O. The van der Waals surface area contributed by atoms with Gasteiger partial charge in [0.1, 0.15) is 11.5 Å². The standard InChI is InChI=1S/C28H36O2/c1-17(2)27-13-21-12-26(5,14-27)15-28(16-27,22-7-9-24(30)19(4)11-22)25(21)20-6-8-23(29)18(3)10-20/h6-11,17,21,25,29-30H,12-16H2,1-5H3. The van der Waals surface area contributed by atoms with Gasteiger partial charge in [0.05, 0.1) is 0 Å². The molecule has 6 rings (SSSR count). The first kappa shape index (κ1) is 20.0. The summed E-state index contributed by atoms with van der Waals surface area (Å²) in [6.45, 7) is 11.5. The highest BCUT2D eigenvalue weighted by atomic mass is 16.3. The van der Waals surface area contributed by atoms with Crippen LogP contribution < -0.4 is 0 Å². The molecule has 5 unspecified atom stereocenters. The Balaban J connectivity index is 1.74. The van der Waals surface area contributed by atoms with Crippen molar-refractivity contribution in [1.82, 2.24) is 0 Å². The van der Waals surface area contributed by atoms with Crippen LogP contribution in [0, 0.1) is 36.5 Å². The van der Waals surface area contributed by atoms with Gasteiger partial charge in [-0.25, -0.2) is 0 Å². The topological polar surface area (TPSA) is 40.5 Å². The average Bonchev–Trinajstić information content (AvgIpc) is 2.65. The molecule has 2 heteroatoms. The molecule has 4 fully saturated rings. The van der Waals surface area contributed by atoms with Crippen LogP contribution in [0.1, 0.15) is 81.0 Å². The summed E-state index contributed by atoms with van der Waals surface area (Å²) in [5.74, 6) is 2.61. The second-order valence-corrected chi connectivity index (χ2v) is 11.7. The van der Waals surface area contributed by atoms with E-state index in [9.17, 15) is 10.2 Å². The van der Waals surface area contributed by atoms with Gasteiger partial charge in [-0.2, -0.15) is 0 Å². The fourth-order valence-corrected chi connectivity index (χ4v) is 8.31. The van der Waals surface area contributed by atoms with E-state index in [1.54, 1.807) is 0 Å². The van der Waals surface area contributed by atoms with Crippen molar-refractivity contribution in [2.24, 2.45) is 22.7 Å². The van der Waals surface area contributed by atoms with Gasteiger partial charge in [-0.05, 0) is 109 Å². The fraction of sp³-hybridized carbons (Fsp3) is 0.571. The number of aryl methyl sites for hydroxylation is 2. The normalized spacial score (nSPS) is 37.1. The van der Waals surface area contributed by atoms with Crippen LogP contribution >= 0.6 is 0 Å². The Morgan fingerprint density at radius 1 is 0.867 bits per heavy atom. The lowest BCUT2D eigenvalue weighted by molar-refractivity contribution is -0.151. The van der Waals surface area contributed by atoms with Crippen LogP contribution in [-0.4, -0.2) is 10.2 Å². The predicted molar refractivity (Wildman–Crippen MR) is 122 cm³/mol. The van der Waals surface area contributed by atoms with Crippen LogP contribution in [0.4, 0.5) is 0 Å². The van der Waals surface area contributed by atoms with Crippen molar-refractivity contribution >= 4 is 0 Å². The Kier molecular flexibility index (Phi) is 4.18. The van der Waals surface area contributed by atoms with Crippen molar-refractivity contribution in [2.45, 2.75) is 78.1 Å². The second-order valence-electron chi connectivity index (χ2n) is 11.7. The third-order valence-electron chi connectivity index (χ3n) is 9.26. The van der Waals surface area contributed by atoms with Crippen molar-refractivity contribution < 1.29 is 10.2 Å². The molecule has 4 saturated carbocycles. The summed E-state index contributed by atoms with van der Waals surface area (Å²) < 4.78 is 0. The summed E-state index contributed by atoms with van der Waals surface area (Å²) in [5.41, 5.74) is 5.65. The maximum atomic E-state index is 10.2. The van der Waals surface area contributed by atoms with Crippen molar-refractivity contribution in [2.75, 3.05) is 0 Å².